The van der Waals surface area contributed by atoms with Gasteiger partial charge in [-0.3, -0.25) is 0 Å². The third-order valence-electron chi connectivity index (χ3n) is 1.92. The number of hydrogen-bond donors (Lipinski definition) is 1. The van der Waals surface area contributed by atoms with Gasteiger partial charge in [-0.1, -0.05) is 5.16 Å². The number of aryl methyl sites for hydroxylation is 2. The molecule has 0 atom stereocenters. The summed E-state index contributed by atoms with van der Waals surface area (Å²) in [5.41, 5.74) is 2.56. The molecule has 2 aromatic heterocycles. The second-order valence-corrected chi connectivity index (χ2v) is 3.82. The second kappa shape index (κ2) is 3.79. The van der Waals surface area contributed by atoms with Gasteiger partial charge < -0.3 is 9.84 Å². The fourth-order valence-electron chi connectivity index (χ4n) is 1.11. The van der Waals surface area contributed by atoms with Crippen LogP contribution in [-0.2, 0) is 6.54 Å². The normalized spacial score (nSPS) is 10.4. The van der Waals surface area contributed by atoms with Crippen LogP contribution in [0.3, 0.4) is 0 Å². The molecule has 14 heavy (non-hydrogen) atoms. The molecule has 0 unspecified atom stereocenters. The van der Waals surface area contributed by atoms with Gasteiger partial charge >= 0.3 is 6.01 Å². The van der Waals surface area contributed by atoms with Gasteiger partial charge in [-0.2, -0.15) is 16.3 Å². The first-order valence-corrected chi connectivity index (χ1v) is 5.26. The minimum atomic E-state index is 0.480. The van der Waals surface area contributed by atoms with Crippen molar-refractivity contribution < 1.29 is 4.52 Å². The first-order chi connectivity index (χ1) is 6.75. The molecule has 2 heterocycles. The highest BCUT2D eigenvalue weighted by atomic mass is 32.1. The molecule has 74 valence electrons. The van der Waals surface area contributed by atoms with Gasteiger partial charge in [0.15, 0.2) is 5.82 Å². The quantitative estimate of drug-likeness (QED) is 0.843. The van der Waals surface area contributed by atoms with Crippen molar-refractivity contribution in [1.29, 1.82) is 0 Å². The maximum atomic E-state index is 4.93. The lowest BCUT2D eigenvalue weighted by molar-refractivity contribution is 0.425. The molecule has 0 aliphatic carbocycles. The molecule has 0 spiro atoms. The van der Waals surface area contributed by atoms with Crippen LogP contribution in [0.2, 0.25) is 0 Å². The van der Waals surface area contributed by atoms with Crippen LogP contribution in [-0.4, -0.2) is 10.1 Å². The molecule has 0 aliphatic rings. The van der Waals surface area contributed by atoms with Crippen LogP contribution in [0, 0.1) is 13.8 Å². The lowest BCUT2D eigenvalue weighted by atomic mass is 10.2. The number of aromatic nitrogens is 2. The van der Waals surface area contributed by atoms with Crippen molar-refractivity contribution in [3.8, 4) is 0 Å². The highest BCUT2D eigenvalue weighted by Gasteiger charge is 2.03. The Labute approximate surface area is 86.0 Å². The molecule has 4 nitrogen and oxygen atoms in total. The van der Waals surface area contributed by atoms with Crippen molar-refractivity contribution in [2.75, 3.05) is 5.32 Å². The molecule has 0 aromatic carbocycles. The van der Waals surface area contributed by atoms with E-state index in [1.165, 1.54) is 11.1 Å². The zero-order chi connectivity index (χ0) is 9.97. The van der Waals surface area contributed by atoms with E-state index in [0.717, 1.165) is 6.54 Å². The maximum absolute atomic E-state index is 4.93. The summed E-state index contributed by atoms with van der Waals surface area (Å²) in [4.78, 5) is 4.05. The van der Waals surface area contributed by atoms with Gasteiger partial charge in [0.25, 0.3) is 0 Å². The van der Waals surface area contributed by atoms with Gasteiger partial charge in [-0.25, -0.2) is 0 Å². The maximum Gasteiger partial charge on any atom is 0.321 e. The predicted octanol–water partition coefficient (Wildman–Crippen LogP) is 2.36. The Morgan fingerprint density at radius 1 is 1.43 bits per heavy atom. The van der Waals surface area contributed by atoms with Crippen molar-refractivity contribution in [2.45, 2.75) is 20.4 Å². The highest BCUT2D eigenvalue weighted by molar-refractivity contribution is 7.08. The molecule has 0 bridgehead atoms. The molecule has 5 heteroatoms. The van der Waals surface area contributed by atoms with E-state index >= 15 is 0 Å². The Balaban J connectivity index is 1.98. The molecule has 2 rings (SSSR count). The first-order valence-electron chi connectivity index (χ1n) is 4.31. The molecule has 0 amide bonds. The van der Waals surface area contributed by atoms with E-state index in [-0.39, 0.29) is 0 Å². The van der Waals surface area contributed by atoms with E-state index in [2.05, 4.69) is 33.1 Å². The summed E-state index contributed by atoms with van der Waals surface area (Å²) in [5.74, 6) is 0.648. The first kappa shape index (κ1) is 9.21. The fraction of sp³-hybridized carbons (Fsp3) is 0.333. The predicted molar refractivity (Wildman–Crippen MR) is 55.4 cm³/mol. The lowest BCUT2D eigenvalue weighted by Crippen LogP contribution is -1.99. The minimum Gasteiger partial charge on any atom is -0.334 e. The number of nitrogens with one attached hydrogen (secondary N) is 1. The summed E-state index contributed by atoms with van der Waals surface area (Å²) in [5, 5.41) is 11.0. The summed E-state index contributed by atoms with van der Waals surface area (Å²) >= 11 is 1.70. The van der Waals surface area contributed by atoms with Crippen LogP contribution in [0.25, 0.3) is 0 Å². The van der Waals surface area contributed by atoms with E-state index in [9.17, 15) is 0 Å². The monoisotopic (exact) mass is 209 g/mol. The van der Waals surface area contributed by atoms with E-state index < -0.39 is 0 Å². The van der Waals surface area contributed by atoms with Crippen molar-refractivity contribution in [2.24, 2.45) is 0 Å². The van der Waals surface area contributed by atoms with Crippen molar-refractivity contribution in [3.05, 3.63) is 27.7 Å². The largest absolute Gasteiger partial charge is 0.334 e. The van der Waals surface area contributed by atoms with E-state index in [1.807, 2.05) is 0 Å². The highest BCUT2D eigenvalue weighted by Crippen LogP contribution is 2.15. The molecule has 0 saturated heterocycles. The van der Waals surface area contributed by atoms with Gasteiger partial charge in [0.2, 0.25) is 0 Å². The number of thiophene rings is 1. The number of anilines is 1. The Bertz CT molecular complexity index is 421. The van der Waals surface area contributed by atoms with E-state index in [1.54, 1.807) is 18.3 Å². The van der Waals surface area contributed by atoms with Gasteiger partial charge in [0, 0.05) is 6.54 Å². The standard InChI is InChI=1S/C9H11N3OS/c1-6-4-14-5-8(6)3-10-9-11-7(2)12-13-9/h4-5H,3H2,1-2H3,(H,10,11,12). The van der Waals surface area contributed by atoms with Crippen molar-refractivity contribution >= 4 is 17.4 Å². The Morgan fingerprint density at radius 3 is 2.86 bits per heavy atom. The summed E-state index contributed by atoms with van der Waals surface area (Å²) in [7, 11) is 0. The average Bonchev–Trinajstić information content (AvgIpc) is 2.72. The Morgan fingerprint density at radius 2 is 2.29 bits per heavy atom. The summed E-state index contributed by atoms with van der Waals surface area (Å²) in [6, 6.07) is 0.480. The smallest absolute Gasteiger partial charge is 0.321 e. The van der Waals surface area contributed by atoms with Crippen molar-refractivity contribution in [3.63, 3.8) is 0 Å². The van der Waals surface area contributed by atoms with E-state index in [0.29, 0.717) is 11.8 Å². The van der Waals surface area contributed by atoms with Crippen molar-refractivity contribution in [1.82, 2.24) is 10.1 Å². The molecule has 2 aromatic rings. The molecule has 0 saturated carbocycles. The molecular weight excluding hydrogens is 198 g/mol. The molecule has 1 N–H and O–H groups in total. The third kappa shape index (κ3) is 1.93. The minimum absolute atomic E-state index is 0.480. The van der Waals surface area contributed by atoms with Gasteiger partial charge in [0.1, 0.15) is 0 Å². The topological polar surface area (TPSA) is 51.0 Å². The summed E-state index contributed by atoms with van der Waals surface area (Å²) in [6.07, 6.45) is 0. The van der Waals surface area contributed by atoms with Gasteiger partial charge in [-0.15, -0.1) is 0 Å². The Kier molecular flexibility index (Phi) is 2.49. The third-order valence-corrected chi connectivity index (χ3v) is 2.83. The second-order valence-electron chi connectivity index (χ2n) is 3.08. The lowest BCUT2D eigenvalue weighted by Gasteiger charge is -1.99. The number of hydrogen-bond acceptors (Lipinski definition) is 5. The zero-order valence-electron chi connectivity index (χ0n) is 8.07. The van der Waals surface area contributed by atoms with E-state index in [4.69, 9.17) is 4.52 Å². The van der Waals surface area contributed by atoms with Crippen LogP contribution < -0.4 is 5.32 Å². The average molecular weight is 209 g/mol. The molecule has 0 fully saturated rings. The zero-order valence-corrected chi connectivity index (χ0v) is 8.89. The number of rotatable bonds is 3. The van der Waals surface area contributed by atoms with Crippen LogP contribution in [0.4, 0.5) is 6.01 Å². The fourth-order valence-corrected chi connectivity index (χ4v) is 1.96. The molecule has 0 radical (unpaired) electrons. The summed E-state index contributed by atoms with van der Waals surface area (Å²) in [6.45, 7) is 4.62. The van der Waals surface area contributed by atoms with Gasteiger partial charge in [0.05, 0.1) is 0 Å². The Hall–Kier alpha value is -1.36. The number of nitrogens with zero attached hydrogens (tertiary/aromatic N) is 2. The van der Waals surface area contributed by atoms with Crippen LogP contribution in [0.5, 0.6) is 0 Å². The SMILES string of the molecule is Cc1noc(NCc2cscc2C)n1. The van der Waals surface area contributed by atoms with Gasteiger partial charge in [-0.05, 0) is 35.7 Å². The molecular formula is C9H11N3OS. The van der Waals surface area contributed by atoms with Crippen LogP contribution in [0.15, 0.2) is 15.3 Å². The molecule has 0 aliphatic heterocycles. The summed E-state index contributed by atoms with van der Waals surface area (Å²) < 4.78 is 4.93. The van der Waals surface area contributed by atoms with Crippen LogP contribution in [0.1, 0.15) is 17.0 Å². The van der Waals surface area contributed by atoms with Crippen LogP contribution >= 0.6 is 11.3 Å².